The summed E-state index contributed by atoms with van der Waals surface area (Å²) in [6.07, 6.45) is 0.342. The molecule has 0 fully saturated rings. The van der Waals surface area contributed by atoms with E-state index in [0.29, 0.717) is 26.2 Å². The number of amides is 1. The van der Waals surface area contributed by atoms with Gasteiger partial charge in [0.25, 0.3) is 0 Å². The number of ether oxygens (including phenoxy) is 3. The summed E-state index contributed by atoms with van der Waals surface area (Å²) in [5.74, 6) is 2.31. The summed E-state index contributed by atoms with van der Waals surface area (Å²) in [6, 6.07) is 14.9. The van der Waals surface area contributed by atoms with E-state index in [9.17, 15) is 4.79 Å². The van der Waals surface area contributed by atoms with Crippen LogP contribution in [0, 0.1) is 0 Å². The van der Waals surface area contributed by atoms with Gasteiger partial charge >= 0.3 is 0 Å². The molecule has 0 bridgehead atoms. The van der Waals surface area contributed by atoms with Gasteiger partial charge in [-0.25, -0.2) is 0 Å². The highest BCUT2D eigenvalue weighted by Crippen LogP contribution is 2.16. The molecule has 2 rings (SSSR count). The Bertz CT molecular complexity index is 623. The Morgan fingerprint density at radius 2 is 1.50 bits per heavy atom. The normalized spacial score (nSPS) is 10.1. The molecule has 5 nitrogen and oxygen atoms in total. The van der Waals surface area contributed by atoms with Gasteiger partial charge in [-0.1, -0.05) is 12.1 Å². The first-order valence-electron chi connectivity index (χ1n) is 7.96. The fourth-order valence-corrected chi connectivity index (χ4v) is 2.15. The first kappa shape index (κ1) is 17.7. The molecule has 0 unspecified atom stereocenters. The minimum absolute atomic E-state index is 0.0301. The van der Waals surface area contributed by atoms with Crippen LogP contribution in [0.1, 0.15) is 12.5 Å². The second kappa shape index (κ2) is 9.45. The van der Waals surface area contributed by atoms with Gasteiger partial charge in [0.1, 0.15) is 23.9 Å². The highest BCUT2D eigenvalue weighted by Gasteiger charge is 2.03. The van der Waals surface area contributed by atoms with Crippen LogP contribution in [0.5, 0.6) is 17.2 Å². The summed E-state index contributed by atoms with van der Waals surface area (Å²) in [7, 11) is 1.62. The zero-order valence-corrected chi connectivity index (χ0v) is 14.1. The molecular formula is C19H23NO4. The number of rotatable bonds is 9. The van der Waals surface area contributed by atoms with E-state index in [0.717, 1.165) is 22.8 Å². The van der Waals surface area contributed by atoms with E-state index in [4.69, 9.17) is 14.2 Å². The summed E-state index contributed by atoms with van der Waals surface area (Å²) in [5, 5.41) is 2.84. The molecule has 0 aliphatic carbocycles. The smallest absolute Gasteiger partial charge is 0.224 e. The van der Waals surface area contributed by atoms with Crippen LogP contribution in [0.4, 0.5) is 0 Å². The van der Waals surface area contributed by atoms with Crippen LogP contribution in [0.3, 0.4) is 0 Å². The lowest BCUT2D eigenvalue weighted by Crippen LogP contribution is -2.29. The molecule has 24 heavy (non-hydrogen) atoms. The molecule has 0 saturated carbocycles. The maximum absolute atomic E-state index is 11.9. The standard InChI is InChI=1S/C19H23NO4/c1-3-23-17-6-4-15(5-7-17)14-19(21)20-12-13-24-18-10-8-16(22-2)9-11-18/h4-11H,3,12-14H2,1-2H3,(H,20,21). The van der Waals surface area contributed by atoms with Crippen molar-refractivity contribution in [3.8, 4) is 17.2 Å². The molecule has 5 heteroatoms. The molecule has 1 amide bonds. The van der Waals surface area contributed by atoms with Gasteiger partial charge in [-0.3, -0.25) is 4.79 Å². The fraction of sp³-hybridized carbons (Fsp3) is 0.316. The van der Waals surface area contributed by atoms with Crippen LogP contribution < -0.4 is 19.5 Å². The molecule has 0 saturated heterocycles. The highest BCUT2D eigenvalue weighted by molar-refractivity contribution is 5.78. The minimum Gasteiger partial charge on any atom is -0.497 e. The third-order valence-electron chi connectivity index (χ3n) is 3.35. The van der Waals surface area contributed by atoms with Crippen LogP contribution in [0.15, 0.2) is 48.5 Å². The summed E-state index contributed by atoms with van der Waals surface area (Å²) >= 11 is 0. The van der Waals surface area contributed by atoms with Crippen LogP contribution in [0.2, 0.25) is 0 Å². The van der Waals surface area contributed by atoms with Gasteiger partial charge in [0, 0.05) is 0 Å². The zero-order chi connectivity index (χ0) is 17.2. The molecule has 0 radical (unpaired) electrons. The van der Waals surface area contributed by atoms with Crippen molar-refractivity contribution in [2.45, 2.75) is 13.3 Å². The lowest BCUT2D eigenvalue weighted by Gasteiger charge is -2.09. The molecular weight excluding hydrogens is 306 g/mol. The fourth-order valence-electron chi connectivity index (χ4n) is 2.15. The largest absolute Gasteiger partial charge is 0.497 e. The van der Waals surface area contributed by atoms with Crippen LogP contribution >= 0.6 is 0 Å². The van der Waals surface area contributed by atoms with Gasteiger partial charge < -0.3 is 19.5 Å². The molecule has 1 N–H and O–H groups in total. The van der Waals surface area contributed by atoms with E-state index in [1.807, 2.05) is 55.5 Å². The lowest BCUT2D eigenvalue weighted by atomic mass is 10.1. The Labute approximate surface area is 142 Å². The molecule has 2 aromatic rings. The second-order valence-electron chi connectivity index (χ2n) is 5.13. The molecule has 0 aromatic heterocycles. The summed E-state index contributed by atoms with van der Waals surface area (Å²) in [4.78, 5) is 11.9. The molecule has 2 aromatic carbocycles. The first-order valence-corrected chi connectivity index (χ1v) is 7.96. The van der Waals surface area contributed by atoms with Crippen LogP contribution in [0.25, 0.3) is 0 Å². The Kier molecular flexibility index (Phi) is 6.95. The lowest BCUT2D eigenvalue weighted by molar-refractivity contribution is -0.120. The Morgan fingerprint density at radius 1 is 0.917 bits per heavy atom. The zero-order valence-electron chi connectivity index (χ0n) is 14.1. The van der Waals surface area contributed by atoms with Crippen molar-refractivity contribution in [2.75, 3.05) is 26.9 Å². The minimum atomic E-state index is -0.0301. The van der Waals surface area contributed by atoms with Gasteiger partial charge in [-0.2, -0.15) is 0 Å². The van der Waals surface area contributed by atoms with Crippen molar-refractivity contribution in [1.82, 2.24) is 5.32 Å². The molecule has 0 aliphatic rings. The van der Waals surface area contributed by atoms with E-state index in [1.54, 1.807) is 7.11 Å². The number of methoxy groups -OCH3 is 1. The van der Waals surface area contributed by atoms with Gasteiger partial charge in [0.2, 0.25) is 5.91 Å². The number of nitrogens with one attached hydrogen (secondary N) is 1. The number of hydrogen-bond donors (Lipinski definition) is 1. The SMILES string of the molecule is CCOc1ccc(CC(=O)NCCOc2ccc(OC)cc2)cc1. The van der Waals surface area contributed by atoms with Crippen molar-refractivity contribution in [3.05, 3.63) is 54.1 Å². The van der Waals surface area contributed by atoms with Crippen molar-refractivity contribution in [2.24, 2.45) is 0 Å². The summed E-state index contributed by atoms with van der Waals surface area (Å²) in [6.45, 7) is 3.45. The number of benzene rings is 2. The van der Waals surface area contributed by atoms with E-state index in [2.05, 4.69) is 5.32 Å². The number of hydrogen-bond acceptors (Lipinski definition) is 4. The average Bonchev–Trinajstić information content (AvgIpc) is 2.61. The van der Waals surface area contributed by atoms with Crippen LogP contribution in [-0.2, 0) is 11.2 Å². The van der Waals surface area contributed by atoms with E-state index in [1.165, 1.54) is 0 Å². The van der Waals surface area contributed by atoms with Gasteiger partial charge in [0.15, 0.2) is 0 Å². The van der Waals surface area contributed by atoms with E-state index < -0.39 is 0 Å². The van der Waals surface area contributed by atoms with Crippen molar-refractivity contribution >= 4 is 5.91 Å². The summed E-state index contributed by atoms with van der Waals surface area (Å²) in [5.41, 5.74) is 0.951. The van der Waals surface area contributed by atoms with Crippen molar-refractivity contribution < 1.29 is 19.0 Å². The van der Waals surface area contributed by atoms with E-state index in [-0.39, 0.29) is 5.91 Å². The van der Waals surface area contributed by atoms with Crippen molar-refractivity contribution in [3.63, 3.8) is 0 Å². The van der Waals surface area contributed by atoms with Gasteiger partial charge in [0.05, 0.1) is 26.7 Å². The monoisotopic (exact) mass is 329 g/mol. The second-order valence-corrected chi connectivity index (χ2v) is 5.13. The highest BCUT2D eigenvalue weighted by atomic mass is 16.5. The Morgan fingerprint density at radius 3 is 2.12 bits per heavy atom. The maximum atomic E-state index is 11.9. The molecule has 0 atom stereocenters. The van der Waals surface area contributed by atoms with Gasteiger partial charge in [-0.15, -0.1) is 0 Å². The predicted molar refractivity (Wildman–Crippen MR) is 92.8 cm³/mol. The van der Waals surface area contributed by atoms with E-state index >= 15 is 0 Å². The molecule has 0 spiro atoms. The van der Waals surface area contributed by atoms with Gasteiger partial charge in [-0.05, 0) is 48.9 Å². The van der Waals surface area contributed by atoms with Crippen molar-refractivity contribution in [1.29, 1.82) is 0 Å². The Hall–Kier alpha value is -2.69. The predicted octanol–water partition coefficient (Wildman–Crippen LogP) is 2.83. The molecule has 0 heterocycles. The number of carbonyl (C=O) groups is 1. The summed E-state index contributed by atoms with van der Waals surface area (Å²) < 4.78 is 16.0. The third-order valence-corrected chi connectivity index (χ3v) is 3.35. The molecule has 0 aliphatic heterocycles. The Balaban J connectivity index is 1.67. The topological polar surface area (TPSA) is 56.8 Å². The van der Waals surface area contributed by atoms with Crippen LogP contribution in [-0.4, -0.2) is 32.8 Å². The average molecular weight is 329 g/mol. The first-order chi connectivity index (χ1) is 11.7. The molecule has 128 valence electrons. The number of carbonyl (C=O) groups excluding carboxylic acids is 1. The quantitative estimate of drug-likeness (QED) is 0.719. The third kappa shape index (κ3) is 5.83. The maximum Gasteiger partial charge on any atom is 0.224 e.